The zero-order valence-corrected chi connectivity index (χ0v) is 9.24. The van der Waals surface area contributed by atoms with E-state index in [0.717, 1.165) is 39.1 Å². The molecule has 0 saturated carbocycles. The van der Waals surface area contributed by atoms with E-state index in [-0.39, 0.29) is 6.10 Å². The molecule has 0 aromatic carbocycles. The predicted molar refractivity (Wildman–Crippen MR) is 57.4 cm³/mol. The molecule has 0 aliphatic carbocycles. The van der Waals surface area contributed by atoms with Gasteiger partial charge in [-0.05, 0) is 32.4 Å². The Morgan fingerprint density at radius 1 is 1.36 bits per heavy atom. The SMILES string of the molecule is CCCCOCC(O)CN1CCCC1. The molecule has 1 saturated heterocycles. The van der Waals surface area contributed by atoms with E-state index < -0.39 is 0 Å². The van der Waals surface area contributed by atoms with Crippen molar-refractivity contribution in [3.63, 3.8) is 0 Å². The fraction of sp³-hybridized carbons (Fsp3) is 1.00. The Hall–Kier alpha value is -0.120. The van der Waals surface area contributed by atoms with Gasteiger partial charge in [0.2, 0.25) is 0 Å². The molecule has 1 unspecified atom stereocenters. The number of nitrogens with zero attached hydrogens (tertiary/aromatic N) is 1. The van der Waals surface area contributed by atoms with E-state index in [0.29, 0.717) is 6.61 Å². The number of aliphatic hydroxyl groups excluding tert-OH is 1. The van der Waals surface area contributed by atoms with E-state index in [9.17, 15) is 5.11 Å². The van der Waals surface area contributed by atoms with Gasteiger partial charge in [0, 0.05) is 13.2 Å². The second-order valence-electron chi connectivity index (χ2n) is 4.09. The Bertz CT molecular complexity index is 135. The zero-order valence-electron chi connectivity index (χ0n) is 9.24. The van der Waals surface area contributed by atoms with Crippen LogP contribution in [0.1, 0.15) is 32.6 Å². The van der Waals surface area contributed by atoms with Crippen LogP contribution in [0.5, 0.6) is 0 Å². The van der Waals surface area contributed by atoms with Gasteiger partial charge in [-0.15, -0.1) is 0 Å². The standard InChI is InChI=1S/C11H23NO2/c1-2-3-8-14-10-11(13)9-12-6-4-5-7-12/h11,13H,2-10H2,1H3. The van der Waals surface area contributed by atoms with Crippen molar-refractivity contribution >= 4 is 0 Å². The average Bonchev–Trinajstić information content (AvgIpc) is 2.65. The highest BCUT2D eigenvalue weighted by Crippen LogP contribution is 2.07. The second-order valence-corrected chi connectivity index (χ2v) is 4.09. The summed E-state index contributed by atoms with van der Waals surface area (Å²) in [5.74, 6) is 0. The van der Waals surface area contributed by atoms with Gasteiger partial charge in [0.15, 0.2) is 0 Å². The monoisotopic (exact) mass is 201 g/mol. The maximum absolute atomic E-state index is 9.64. The Balaban J connectivity index is 1.95. The normalized spacial score (nSPS) is 20.1. The molecule has 1 heterocycles. The van der Waals surface area contributed by atoms with Crippen molar-refractivity contribution in [2.24, 2.45) is 0 Å². The van der Waals surface area contributed by atoms with Crippen LogP contribution >= 0.6 is 0 Å². The van der Waals surface area contributed by atoms with Crippen LogP contribution in [0.4, 0.5) is 0 Å². The Morgan fingerprint density at radius 3 is 2.71 bits per heavy atom. The maximum Gasteiger partial charge on any atom is 0.0900 e. The molecule has 3 nitrogen and oxygen atoms in total. The number of unbranched alkanes of at least 4 members (excludes halogenated alkanes) is 1. The highest BCUT2D eigenvalue weighted by atomic mass is 16.5. The van der Waals surface area contributed by atoms with Gasteiger partial charge in [0.25, 0.3) is 0 Å². The molecule has 1 atom stereocenters. The molecule has 1 N–H and O–H groups in total. The van der Waals surface area contributed by atoms with Crippen molar-refractivity contribution in [3.8, 4) is 0 Å². The Morgan fingerprint density at radius 2 is 2.07 bits per heavy atom. The summed E-state index contributed by atoms with van der Waals surface area (Å²) in [5, 5.41) is 9.64. The third kappa shape index (κ3) is 4.94. The molecule has 84 valence electrons. The average molecular weight is 201 g/mol. The van der Waals surface area contributed by atoms with Crippen LogP contribution in [0.25, 0.3) is 0 Å². The number of likely N-dealkylation sites (tertiary alicyclic amines) is 1. The van der Waals surface area contributed by atoms with Crippen molar-refractivity contribution in [2.75, 3.05) is 32.8 Å². The minimum atomic E-state index is -0.301. The lowest BCUT2D eigenvalue weighted by molar-refractivity contribution is 0.0196. The summed E-state index contributed by atoms with van der Waals surface area (Å²) in [6.45, 7) is 6.50. The molecule has 3 heteroatoms. The fourth-order valence-electron chi connectivity index (χ4n) is 1.78. The minimum absolute atomic E-state index is 0.301. The number of hydrogen-bond donors (Lipinski definition) is 1. The number of β-amino-alcohol motifs (C(OH)–C–C–N with tert-alkyl or cyclic N) is 1. The van der Waals surface area contributed by atoms with Gasteiger partial charge in [-0.2, -0.15) is 0 Å². The van der Waals surface area contributed by atoms with Gasteiger partial charge in [0.05, 0.1) is 12.7 Å². The van der Waals surface area contributed by atoms with Crippen LogP contribution < -0.4 is 0 Å². The summed E-state index contributed by atoms with van der Waals surface area (Å²) in [6, 6.07) is 0. The first-order chi connectivity index (χ1) is 6.83. The first kappa shape index (κ1) is 12.0. The molecule has 1 rings (SSSR count). The summed E-state index contributed by atoms with van der Waals surface area (Å²) in [7, 11) is 0. The lowest BCUT2D eigenvalue weighted by Gasteiger charge is -2.19. The van der Waals surface area contributed by atoms with E-state index >= 15 is 0 Å². The van der Waals surface area contributed by atoms with Crippen LogP contribution in [-0.4, -0.2) is 49.0 Å². The van der Waals surface area contributed by atoms with Gasteiger partial charge < -0.3 is 14.7 Å². The van der Waals surface area contributed by atoms with Crippen molar-refractivity contribution in [1.82, 2.24) is 4.90 Å². The highest BCUT2D eigenvalue weighted by Gasteiger charge is 2.15. The molecule has 0 aromatic heterocycles. The first-order valence-electron chi connectivity index (χ1n) is 5.81. The van der Waals surface area contributed by atoms with E-state index in [1.165, 1.54) is 12.8 Å². The molecule has 14 heavy (non-hydrogen) atoms. The van der Waals surface area contributed by atoms with Gasteiger partial charge in [-0.1, -0.05) is 13.3 Å². The highest BCUT2D eigenvalue weighted by molar-refractivity contribution is 4.69. The van der Waals surface area contributed by atoms with E-state index in [1.807, 2.05) is 0 Å². The molecular formula is C11H23NO2. The topological polar surface area (TPSA) is 32.7 Å². The molecule has 0 radical (unpaired) electrons. The van der Waals surface area contributed by atoms with Crippen LogP contribution in [-0.2, 0) is 4.74 Å². The lowest BCUT2D eigenvalue weighted by Crippen LogP contribution is -2.32. The number of rotatable bonds is 7. The third-order valence-electron chi connectivity index (χ3n) is 2.62. The van der Waals surface area contributed by atoms with Gasteiger partial charge in [0.1, 0.15) is 0 Å². The molecule has 0 amide bonds. The van der Waals surface area contributed by atoms with Crippen molar-refractivity contribution in [2.45, 2.75) is 38.7 Å². The summed E-state index contributed by atoms with van der Waals surface area (Å²) in [5.41, 5.74) is 0. The van der Waals surface area contributed by atoms with Gasteiger partial charge >= 0.3 is 0 Å². The molecule has 0 aromatic rings. The third-order valence-corrected chi connectivity index (χ3v) is 2.62. The molecule has 0 spiro atoms. The molecule has 1 aliphatic heterocycles. The second kappa shape index (κ2) is 7.21. The molecule has 1 fully saturated rings. The fourth-order valence-corrected chi connectivity index (χ4v) is 1.78. The van der Waals surface area contributed by atoms with Crippen LogP contribution in [0.2, 0.25) is 0 Å². The lowest BCUT2D eigenvalue weighted by atomic mass is 10.3. The number of hydrogen-bond acceptors (Lipinski definition) is 3. The summed E-state index contributed by atoms with van der Waals surface area (Å²) in [6.07, 6.45) is 4.51. The Labute approximate surface area is 87.1 Å². The smallest absolute Gasteiger partial charge is 0.0900 e. The summed E-state index contributed by atoms with van der Waals surface area (Å²) >= 11 is 0. The first-order valence-corrected chi connectivity index (χ1v) is 5.81. The Kier molecular flexibility index (Phi) is 6.15. The van der Waals surface area contributed by atoms with Crippen LogP contribution in [0.15, 0.2) is 0 Å². The van der Waals surface area contributed by atoms with Crippen LogP contribution in [0.3, 0.4) is 0 Å². The van der Waals surface area contributed by atoms with E-state index in [4.69, 9.17) is 4.74 Å². The molecule has 0 bridgehead atoms. The molecule has 1 aliphatic rings. The largest absolute Gasteiger partial charge is 0.389 e. The van der Waals surface area contributed by atoms with E-state index in [2.05, 4.69) is 11.8 Å². The van der Waals surface area contributed by atoms with Crippen LogP contribution in [0, 0.1) is 0 Å². The van der Waals surface area contributed by atoms with E-state index in [1.54, 1.807) is 0 Å². The quantitative estimate of drug-likeness (QED) is 0.629. The maximum atomic E-state index is 9.64. The summed E-state index contributed by atoms with van der Waals surface area (Å²) < 4.78 is 5.37. The van der Waals surface area contributed by atoms with Crippen molar-refractivity contribution in [3.05, 3.63) is 0 Å². The van der Waals surface area contributed by atoms with Gasteiger partial charge in [-0.25, -0.2) is 0 Å². The summed E-state index contributed by atoms with van der Waals surface area (Å²) in [4.78, 5) is 2.31. The number of ether oxygens (including phenoxy) is 1. The zero-order chi connectivity index (χ0) is 10.2. The van der Waals surface area contributed by atoms with Gasteiger partial charge in [-0.3, -0.25) is 0 Å². The minimum Gasteiger partial charge on any atom is -0.389 e. The predicted octanol–water partition coefficient (Wildman–Crippen LogP) is 1.26. The van der Waals surface area contributed by atoms with Crippen molar-refractivity contribution in [1.29, 1.82) is 0 Å². The molecular weight excluding hydrogens is 178 g/mol. The number of aliphatic hydroxyl groups is 1. The van der Waals surface area contributed by atoms with Crippen molar-refractivity contribution < 1.29 is 9.84 Å².